The third-order valence-corrected chi connectivity index (χ3v) is 2.78. The Bertz CT molecular complexity index is 356. The van der Waals surface area contributed by atoms with E-state index in [9.17, 15) is 5.11 Å². The zero-order valence-corrected chi connectivity index (χ0v) is 12.2. The molecule has 1 rings (SSSR count). The SMILES string of the molecule is CCOc1cccc([C@H](N)CCC(C)C)c1O.Cl. The van der Waals surface area contributed by atoms with Gasteiger partial charge in [0.2, 0.25) is 0 Å². The standard InChI is InChI=1S/C14H23NO2.ClH/c1-4-17-13-7-5-6-11(14(13)16)12(15)9-8-10(2)3;/h5-7,10,12,16H,4,8-9,15H2,1-3H3;1H/t12-;/m1./s1. The van der Waals surface area contributed by atoms with Crippen LogP contribution in [0.25, 0.3) is 0 Å². The molecule has 0 aliphatic heterocycles. The van der Waals surface area contributed by atoms with Crippen LogP contribution < -0.4 is 10.5 Å². The summed E-state index contributed by atoms with van der Waals surface area (Å²) in [6.45, 7) is 6.77. The van der Waals surface area contributed by atoms with Gasteiger partial charge in [0.15, 0.2) is 11.5 Å². The molecule has 3 N–H and O–H groups in total. The molecule has 18 heavy (non-hydrogen) atoms. The van der Waals surface area contributed by atoms with Gasteiger partial charge in [0.25, 0.3) is 0 Å². The minimum Gasteiger partial charge on any atom is -0.504 e. The molecule has 1 atom stereocenters. The summed E-state index contributed by atoms with van der Waals surface area (Å²) in [5, 5.41) is 10.1. The van der Waals surface area contributed by atoms with Gasteiger partial charge in [-0.3, -0.25) is 0 Å². The fraction of sp³-hybridized carbons (Fsp3) is 0.571. The number of benzene rings is 1. The van der Waals surface area contributed by atoms with Gasteiger partial charge in [0.05, 0.1) is 6.61 Å². The number of ether oxygens (including phenoxy) is 1. The summed E-state index contributed by atoms with van der Waals surface area (Å²) < 4.78 is 5.35. The maximum Gasteiger partial charge on any atom is 0.162 e. The van der Waals surface area contributed by atoms with Gasteiger partial charge in [-0.1, -0.05) is 26.0 Å². The predicted octanol–water partition coefficient (Wildman–Crippen LogP) is 3.65. The Kier molecular flexibility index (Phi) is 7.80. The molecule has 0 saturated carbocycles. The van der Waals surface area contributed by atoms with Gasteiger partial charge in [0, 0.05) is 11.6 Å². The van der Waals surface area contributed by atoms with Crippen LogP contribution in [-0.4, -0.2) is 11.7 Å². The molecule has 104 valence electrons. The van der Waals surface area contributed by atoms with Crippen LogP contribution in [0.2, 0.25) is 0 Å². The summed E-state index contributed by atoms with van der Waals surface area (Å²) >= 11 is 0. The number of phenolic OH excluding ortho intramolecular Hbond substituents is 1. The highest BCUT2D eigenvalue weighted by molar-refractivity contribution is 5.85. The van der Waals surface area contributed by atoms with Gasteiger partial charge < -0.3 is 15.6 Å². The normalized spacial score (nSPS) is 12.1. The molecular weight excluding hydrogens is 250 g/mol. The molecule has 0 saturated heterocycles. The number of phenols is 1. The first-order valence-electron chi connectivity index (χ1n) is 6.26. The molecule has 0 radical (unpaired) electrons. The van der Waals surface area contributed by atoms with Crippen molar-refractivity contribution in [3.05, 3.63) is 23.8 Å². The predicted molar refractivity (Wildman–Crippen MR) is 77.5 cm³/mol. The second kappa shape index (κ2) is 8.22. The second-order valence-corrected chi connectivity index (χ2v) is 4.70. The van der Waals surface area contributed by atoms with E-state index in [-0.39, 0.29) is 24.2 Å². The first-order chi connectivity index (χ1) is 8.06. The molecule has 1 aromatic rings. The molecule has 0 aromatic heterocycles. The van der Waals surface area contributed by atoms with Crippen LogP contribution in [0.15, 0.2) is 18.2 Å². The summed E-state index contributed by atoms with van der Waals surface area (Å²) in [4.78, 5) is 0. The first kappa shape index (κ1) is 17.1. The van der Waals surface area contributed by atoms with E-state index in [0.717, 1.165) is 18.4 Å². The third-order valence-electron chi connectivity index (χ3n) is 2.78. The number of para-hydroxylation sites is 1. The van der Waals surface area contributed by atoms with Crippen LogP contribution in [0.3, 0.4) is 0 Å². The molecule has 0 spiro atoms. The summed E-state index contributed by atoms with van der Waals surface area (Å²) in [5.41, 5.74) is 6.87. The van der Waals surface area contributed by atoms with Crippen molar-refractivity contribution in [2.75, 3.05) is 6.61 Å². The van der Waals surface area contributed by atoms with Crippen LogP contribution in [0, 0.1) is 5.92 Å². The Morgan fingerprint density at radius 3 is 2.50 bits per heavy atom. The van der Waals surface area contributed by atoms with Gasteiger partial charge in [-0.15, -0.1) is 12.4 Å². The molecule has 4 heteroatoms. The zero-order chi connectivity index (χ0) is 12.8. The van der Waals surface area contributed by atoms with E-state index in [0.29, 0.717) is 18.3 Å². The van der Waals surface area contributed by atoms with E-state index in [1.165, 1.54) is 0 Å². The molecule has 0 amide bonds. The lowest BCUT2D eigenvalue weighted by Gasteiger charge is -2.16. The van der Waals surface area contributed by atoms with Crippen molar-refractivity contribution in [2.45, 2.75) is 39.7 Å². The molecule has 0 aliphatic rings. The summed E-state index contributed by atoms with van der Waals surface area (Å²) in [5.74, 6) is 1.33. The van der Waals surface area contributed by atoms with Crippen LogP contribution in [0.4, 0.5) is 0 Å². The van der Waals surface area contributed by atoms with E-state index in [2.05, 4.69) is 13.8 Å². The van der Waals surface area contributed by atoms with Crippen LogP contribution >= 0.6 is 12.4 Å². The Balaban J connectivity index is 0.00000289. The van der Waals surface area contributed by atoms with E-state index in [1.54, 1.807) is 6.07 Å². The van der Waals surface area contributed by atoms with Gasteiger partial charge in [-0.25, -0.2) is 0 Å². The van der Waals surface area contributed by atoms with E-state index in [1.807, 2.05) is 19.1 Å². The van der Waals surface area contributed by atoms with Crippen molar-refractivity contribution >= 4 is 12.4 Å². The third kappa shape index (κ3) is 4.75. The smallest absolute Gasteiger partial charge is 0.162 e. The average Bonchev–Trinajstić information content (AvgIpc) is 2.29. The largest absolute Gasteiger partial charge is 0.504 e. The van der Waals surface area contributed by atoms with Crippen molar-refractivity contribution in [3.63, 3.8) is 0 Å². The van der Waals surface area contributed by atoms with Crippen molar-refractivity contribution < 1.29 is 9.84 Å². The molecule has 1 aromatic carbocycles. The van der Waals surface area contributed by atoms with Gasteiger partial charge in [-0.05, 0) is 31.7 Å². The van der Waals surface area contributed by atoms with Gasteiger partial charge in [-0.2, -0.15) is 0 Å². The summed E-state index contributed by atoms with van der Waals surface area (Å²) in [7, 11) is 0. The van der Waals surface area contributed by atoms with E-state index < -0.39 is 0 Å². The van der Waals surface area contributed by atoms with Crippen molar-refractivity contribution in [1.82, 2.24) is 0 Å². The Morgan fingerprint density at radius 2 is 1.94 bits per heavy atom. The fourth-order valence-electron chi connectivity index (χ4n) is 1.78. The monoisotopic (exact) mass is 273 g/mol. The van der Waals surface area contributed by atoms with Crippen molar-refractivity contribution in [2.24, 2.45) is 11.7 Å². The lowest BCUT2D eigenvalue weighted by molar-refractivity contribution is 0.315. The number of aromatic hydroxyl groups is 1. The Morgan fingerprint density at radius 1 is 1.28 bits per heavy atom. The summed E-state index contributed by atoms with van der Waals surface area (Å²) in [6.07, 6.45) is 1.93. The van der Waals surface area contributed by atoms with Crippen LogP contribution in [-0.2, 0) is 0 Å². The second-order valence-electron chi connectivity index (χ2n) is 4.70. The van der Waals surface area contributed by atoms with Crippen LogP contribution in [0.5, 0.6) is 11.5 Å². The fourth-order valence-corrected chi connectivity index (χ4v) is 1.78. The van der Waals surface area contributed by atoms with Crippen LogP contribution in [0.1, 0.15) is 45.2 Å². The summed E-state index contributed by atoms with van der Waals surface area (Å²) in [6, 6.07) is 5.37. The van der Waals surface area contributed by atoms with Gasteiger partial charge in [0.1, 0.15) is 0 Å². The Labute approximate surface area is 116 Å². The minimum atomic E-state index is -0.127. The van der Waals surface area contributed by atoms with Crippen molar-refractivity contribution in [3.8, 4) is 11.5 Å². The number of nitrogens with two attached hydrogens (primary N) is 1. The number of rotatable bonds is 6. The van der Waals surface area contributed by atoms with Crippen molar-refractivity contribution in [1.29, 1.82) is 0 Å². The molecular formula is C14H24ClNO2. The highest BCUT2D eigenvalue weighted by Crippen LogP contribution is 2.34. The number of hydrogen-bond acceptors (Lipinski definition) is 3. The quantitative estimate of drug-likeness (QED) is 0.832. The molecule has 0 aliphatic carbocycles. The minimum absolute atomic E-state index is 0. The first-order valence-corrected chi connectivity index (χ1v) is 6.26. The molecule has 0 heterocycles. The lowest BCUT2D eigenvalue weighted by atomic mass is 9.97. The van der Waals surface area contributed by atoms with E-state index in [4.69, 9.17) is 10.5 Å². The van der Waals surface area contributed by atoms with Gasteiger partial charge >= 0.3 is 0 Å². The zero-order valence-electron chi connectivity index (χ0n) is 11.3. The number of halogens is 1. The highest BCUT2D eigenvalue weighted by atomic mass is 35.5. The number of hydrogen-bond donors (Lipinski definition) is 2. The highest BCUT2D eigenvalue weighted by Gasteiger charge is 2.14. The topological polar surface area (TPSA) is 55.5 Å². The van der Waals surface area contributed by atoms with E-state index >= 15 is 0 Å². The molecule has 0 bridgehead atoms. The molecule has 0 fully saturated rings. The maximum absolute atomic E-state index is 10.1. The molecule has 3 nitrogen and oxygen atoms in total. The molecule has 0 unspecified atom stereocenters. The average molecular weight is 274 g/mol. The maximum atomic E-state index is 10.1. The lowest BCUT2D eigenvalue weighted by Crippen LogP contribution is -2.11. The Hall–Kier alpha value is -0.930.